The van der Waals surface area contributed by atoms with E-state index in [2.05, 4.69) is 47.9 Å². The van der Waals surface area contributed by atoms with Gasteiger partial charge in [0.05, 0.1) is 20.6 Å². The quantitative estimate of drug-likeness (QED) is 0.643. The lowest BCUT2D eigenvalue weighted by Crippen LogP contribution is -3.05. The first-order chi connectivity index (χ1) is 6.49. The standard InChI is InChI=1S/C13H25N/c1-7-11(2)13(4)12(3)9-8-10-14(5)6/h7H,8-10H2,1-6H3/p+1/b11-7+,13-12+. The smallest absolute Gasteiger partial charge is 0.0769 e. The minimum atomic E-state index is 1.24. The Morgan fingerprint density at radius 2 is 1.71 bits per heavy atom. The summed E-state index contributed by atoms with van der Waals surface area (Å²) < 4.78 is 0. The second-order valence-electron chi connectivity index (χ2n) is 4.44. The molecule has 0 aromatic carbocycles. The van der Waals surface area contributed by atoms with Crippen LogP contribution in [0.2, 0.25) is 0 Å². The Hall–Kier alpha value is -0.560. The molecule has 1 nitrogen and oxygen atoms in total. The summed E-state index contributed by atoms with van der Waals surface area (Å²) in [5.74, 6) is 0. The fourth-order valence-electron chi connectivity index (χ4n) is 1.45. The van der Waals surface area contributed by atoms with Crippen molar-refractivity contribution in [3.8, 4) is 0 Å². The monoisotopic (exact) mass is 196 g/mol. The zero-order chi connectivity index (χ0) is 11.1. The summed E-state index contributed by atoms with van der Waals surface area (Å²) in [6.45, 7) is 10.0. The Morgan fingerprint density at radius 3 is 2.14 bits per heavy atom. The molecule has 1 N–H and O–H groups in total. The summed E-state index contributed by atoms with van der Waals surface area (Å²) in [4.78, 5) is 1.54. The van der Waals surface area contributed by atoms with Crippen LogP contribution in [0.1, 0.15) is 40.5 Å². The number of allylic oxidation sites excluding steroid dienone is 4. The number of hydrogen-bond acceptors (Lipinski definition) is 0. The van der Waals surface area contributed by atoms with Crippen molar-refractivity contribution in [1.82, 2.24) is 0 Å². The first-order valence-corrected chi connectivity index (χ1v) is 5.57. The molecule has 1 heteroatoms. The molecule has 0 heterocycles. The number of hydrogen-bond donors (Lipinski definition) is 1. The van der Waals surface area contributed by atoms with Gasteiger partial charge in [-0.3, -0.25) is 0 Å². The summed E-state index contributed by atoms with van der Waals surface area (Å²) in [5, 5.41) is 0. The second-order valence-corrected chi connectivity index (χ2v) is 4.44. The molecule has 0 saturated heterocycles. The molecule has 0 spiro atoms. The van der Waals surface area contributed by atoms with Crippen molar-refractivity contribution in [1.29, 1.82) is 0 Å². The lowest BCUT2D eigenvalue weighted by atomic mass is 10.0. The van der Waals surface area contributed by atoms with Crippen molar-refractivity contribution in [3.63, 3.8) is 0 Å². The van der Waals surface area contributed by atoms with Crippen molar-refractivity contribution < 1.29 is 4.90 Å². The Bertz CT molecular complexity index is 221. The van der Waals surface area contributed by atoms with Crippen LogP contribution in [-0.4, -0.2) is 20.6 Å². The Kier molecular flexibility index (Phi) is 6.56. The van der Waals surface area contributed by atoms with Crippen molar-refractivity contribution in [2.45, 2.75) is 40.5 Å². The SMILES string of the molecule is C/C=C(C)/C(C)=C(\C)CCC[NH+](C)C. The van der Waals surface area contributed by atoms with E-state index in [1.54, 1.807) is 10.5 Å². The van der Waals surface area contributed by atoms with Crippen LogP contribution in [-0.2, 0) is 0 Å². The van der Waals surface area contributed by atoms with Gasteiger partial charge < -0.3 is 4.90 Å². The van der Waals surface area contributed by atoms with E-state index < -0.39 is 0 Å². The molecule has 0 aliphatic carbocycles. The molecule has 0 amide bonds. The van der Waals surface area contributed by atoms with Gasteiger partial charge in [-0.2, -0.15) is 0 Å². The lowest BCUT2D eigenvalue weighted by molar-refractivity contribution is -0.858. The predicted octanol–water partition coefficient (Wildman–Crippen LogP) is 2.21. The molecule has 0 aromatic heterocycles. The van der Waals surface area contributed by atoms with Gasteiger partial charge in [0.2, 0.25) is 0 Å². The van der Waals surface area contributed by atoms with Gasteiger partial charge in [0.1, 0.15) is 0 Å². The first-order valence-electron chi connectivity index (χ1n) is 5.57. The third-order valence-corrected chi connectivity index (χ3v) is 2.89. The van der Waals surface area contributed by atoms with E-state index in [1.807, 2.05) is 0 Å². The van der Waals surface area contributed by atoms with Gasteiger partial charge in [0.25, 0.3) is 0 Å². The number of nitrogens with one attached hydrogen (secondary N) is 1. The van der Waals surface area contributed by atoms with Crippen molar-refractivity contribution in [3.05, 3.63) is 22.8 Å². The van der Waals surface area contributed by atoms with Gasteiger partial charge in [-0.1, -0.05) is 17.2 Å². The van der Waals surface area contributed by atoms with E-state index in [4.69, 9.17) is 0 Å². The first kappa shape index (κ1) is 13.4. The highest BCUT2D eigenvalue weighted by Crippen LogP contribution is 2.16. The van der Waals surface area contributed by atoms with E-state index in [1.165, 1.54) is 30.5 Å². The second kappa shape index (κ2) is 6.83. The fourth-order valence-corrected chi connectivity index (χ4v) is 1.45. The third kappa shape index (κ3) is 5.23. The minimum Gasteiger partial charge on any atom is -0.340 e. The van der Waals surface area contributed by atoms with Crippen LogP contribution in [0.25, 0.3) is 0 Å². The highest BCUT2D eigenvalue weighted by atomic mass is 15.0. The van der Waals surface area contributed by atoms with Crippen molar-refractivity contribution >= 4 is 0 Å². The average molecular weight is 196 g/mol. The fraction of sp³-hybridized carbons (Fsp3) is 0.692. The largest absolute Gasteiger partial charge is 0.340 e. The zero-order valence-corrected chi connectivity index (χ0v) is 10.7. The molecule has 0 bridgehead atoms. The summed E-state index contributed by atoms with van der Waals surface area (Å²) in [6, 6.07) is 0. The molecule has 82 valence electrons. The third-order valence-electron chi connectivity index (χ3n) is 2.89. The maximum Gasteiger partial charge on any atom is 0.0769 e. The molecule has 0 aromatic rings. The normalized spacial score (nSPS) is 14.6. The maximum absolute atomic E-state index is 2.26. The maximum atomic E-state index is 2.26. The molecule has 0 aliphatic rings. The summed E-state index contributed by atoms with van der Waals surface area (Å²) in [6.07, 6.45) is 4.72. The lowest BCUT2D eigenvalue weighted by Gasteiger charge is -2.10. The minimum absolute atomic E-state index is 1.24. The Labute approximate surface area is 89.5 Å². The molecule has 0 saturated carbocycles. The summed E-state index contributed by atoms with van der Waals surface area (Å²) in [7, 11) is 4.42. The molecule has 14 heavy (non-hydrogen) atoms. The molecular weight excluding hydrogens is 170 g/mol. The van der Waals surface area contributed by atoms with Gasteiger partial charge in [-0.05, 0) is 39.7 Å². The molecule has 0 aliphatic heterocycles. The highest BCUT2D eigenvalue weighted by molar-refractivity contribution is 5.30. The van der Waals surface area contributed by atoms with Crippen molar-refractivity contribution in [2.75, 3.05) is 20.6 Å². The van der Waals surface area contributed by atoms with Crippen molar-refractivity contribution in [2.24, 2.45) is 0 Å². The Morgan fingerprint density at radius 1 is 1.14 bits per heavy atom. The average Bonchev–Trinajstić information content (AvgIpc) is 2.14. The van der Waals surface area contributed by atoms with Crippen LogP contribution in [0.3, 0.4) is 0 Å². The number of quaternary nitrogens is 1. The van der Waals surface area contributed by atoms with Crippen LogP contribution in [0.4, 0.5) is 0 Å². The Balaban J connectivity index is 4.11. The number of rotatable bonds is 5. The predicted molar refractivity (Wildman–Crippen MR) is 64.7 cm³/mol. The van der Waals surface area contributed by atoms with Crippen LogP contribution in [0.5, 0.6) is 0 Å². The van der Waals surface area contributed by atoms with E-state index in [9.17, 15) is 0 Å². The molecule has 0 atom stereocenters. The summed E-state index contributed by atoms with van der Waals surface area (Å²) >= 11 is 0. The summed E-state index contributed by atoms with van der Waals surface area (Å²) in [5.41, 5.74) is 4.43. The molecule has 0 radical (unpaired) electrons. The molecule has 0 unspecified atom stereocenters. The van der Waals surface area contributed by atoms with Gasteiger partial charge in [0, 0.05) is 6.42 Å². The zero-order valence-electron chi connectivity index (χ0n) is 10.7. The van der Waals surface area contributed by atoms with Gasteiger partial charge >= 0.3 is 0 Å². The topological polar surface area (TPSA) is 4.44 Å². The molecule has 0 rings (SSSR count). The highest BCUT2D eigenvalue weighted by Gasteiger charge is 2.00. The van der Waals surface area contributed by atoms with Crippen LogP contribution in [0, 0.1) is 0 Å². The van der Waals surface area contributed by atoms with Crippen LogP contribution >= 0.6 is 0 Å². The van der Waals surface area contributed by atoms with E-state index in [-0.39, 0.29) is 0 Å². The van der Waals surface area contributed by atoms with Gasteiger partial charge in [-0.15, -0.1) is 0 Å². The van der Waals surface area contributed by atoms with E-state index in [0.29, 0.717) is 0 Å². The van der Waals surface area contributed by atoms with E-state index >= 15 is 0 Å². The van der Waals surface area contributed by atoms with Crippen LogP contribution < -0.4 is 4.90 Å². The van der Waals surface area contributed by atoms with E-state index in [0.717, 1.165) is 0 Å². The molecule has 0 fully saturated rings. The van der Waals surface area contributed by atoms with Gasteiger partial charge in [-0.25, -0.2) is 0 Å². The molecular formula is C13H26N+. The van der Waals surface area contributed by atoms with Crippen LogP contribution in [0.15, 0.2) is 22.8 Å². The van der Waals surface area contributed by atoms with Gasteiger partial charge in [0.15, 0.2) is 0 Å².